The summed E-state index contributed by atoms with van der Waals surface area (Å²) in [5, 5.41) is 4.09. The number of para-hydroxylation sites is 2. The fourth-order valence-corrected chi connectivity index (χ4v) is 4.38. The number of carbonyl (C=O) groups is 1. The molecule has 0 saturated carbocycles. The molecule has 0 heterocycles. The van der Waals surface area contributed by atoms with E-state index in [0.29, 0.717) is 27.0 Å². The Morgan fingerprint density at radius 2 is 1.58 bits per heavy atom. The van der Waals surface area contributed by atoms with Gasteiger partial charge in [0, 0.05) is 12.1 Å². The molecule has 0 bridgehead atoms. The van der Waals surface area contributed by atoms with Crippen LogP contribution in [0.25, 0.3) is 0 Å². The number of nitrogens with one attached hydrogen (secondary N) is 1. The number of hydrogen-bond donors (Lipinski definition) is 1. The molecule has 0 aliphatic carbocycles. The first kappa shape index (κ1) is 25.1. The Bertz CT molecular complexity index is 1190. The second-order valence-corrected chi connectivity index (χ2v) is 9.65. The SMILES string of the molecule is Cc1ccc(S(=O)(=O)OCCCOC(=O)Cc2ccccc2Nc2c(Cl)cccc2Cl)cc1. The van der Waals surface area contributed by atoms with E-state index in [0.717, 1.165) is 5.56 Å². The number of esters is 1. The van der Waals surface area contributed by atoms with E-state index in [1.807, 2.05) is 25.1 Å². The number of anilines is 2. The lowest BCUT2D eigenvalue weighted by Crippen LogP contribution is -2.13. The summed E-state index contributed by atoms with van der Waals surface area (Å²) in [6, 6.07) is 18.8. The lowest BCUT2D eigenvalue weighted by atomic mass is 10.1. The fourth-order valence-electron chi connectivity index (χ4n) is 2.94. The van der Waals surface area contributed by atoms with Crippen LogP contribution in [0, 0.1) is 6.92 Å². The Balaban J connectivity index is 1.49. The molecule has 3 aromatic rings. The van der Waals surface area contributed by atoms with Gasteiger partial charge in [0.05, 0.1) is 40.3 Å². The van der Waals surface area contributed by atoms with Crippen molar-refractivity contribution in [2.45, 2.75) is 24.7 Å². The van der Waals surface area contributed by atoms with E-state index in [1.54, 1.807) is 36.4 Å². The second-order valence-electron chi connectivity index (χ2n) is 7.22. The van der Waals surface area contributed by atoms with Gasteiger partial charge in [-0.25, -0.2) is 0 Å². The van der Waals surface area contributed by atoms with E-state index in [9.17, 15) is 13.2 Å². The summed E-state index contributed by atoms with van der Waals surface area (Å²) in [5.74, 6) is -0.448. The van der Waals surface area contributed by atoms with E-state index in [4.69, 9.17) is 32.1 Å². The summed E-state index contributed by atoms with van der Waals surface area (Å²) >= 11 is 12.4. The highest BCUT2D eigenvalue weighted by Gasteiger charge is 2.15. The van der Waals surface area contributed by atoms with Crippen LogP contribution in [0.4, 0.5) is 11.4 Å². The molecule has 0 saturated heterocycles. The Morgan fingerprint density at radius 3 is 2.27 bits per heavy atom. The molecule has 0 aliphatic heterocycles. The highest BCUT2D eigenvalue weighted by atomic mass is 35.5. The zero-order valence-electron chi connectivity index (χ0n) is 17.9. The van der Waals surface area contributed by atoms with Crippen molar-refractivity contribution in [1.82, 2.24) is 0 Å². The van der Waals surface area contributed by atoms with Crippen molar-refractivity contribution in [1.29, 1.82) is 0 Å². The fraction of sp³-hybridized carbons (Fsp3) is 0.208. The number of aryl methyl sites for hydroxylation is 1. The summed E-state index contributed by atoms with van der Waals surface area (Å²) < 4.78 is 34.6. The van der Waals surface area contributed by atoms with Crippen molar-refractivity contribution < 1.29 is 22.1 Å². The molecule has 0 spiro atoms. The number of halogens is 2. The van der Waals surface area contributed by atoms with Gasteiger partial charge in [-0.2, -0.15) is 8.42 Å². The van der Waals surface area contributed by atoms with Gasteiger partial charge in [-0.3, -0.25) is 8.98 Å². The Morgan fingerprint density at radius 1 is 0.909 bits per heavy atom. The van der Waals surface area contributed by atoms with Gasteiger partial charge in [0.1, 0.15) is 0 Å². The van der Waals surface area contributed by atoms with Crippen molar-refractivity contribution >= 4 is 50.7 Å². The third-order valence-corrected chi connectivity index (χ3v) is 6.63. The maximum atomic E-state index is 12.3. The molecule has 0 aliphatic rings. The summed E-state index contributed by atoms with van der Waals surface area (Å²) in [6.07, 6.45) is 0.264. The Labute approximate surface area is 203 Å². The van der Waals surface area contributed by atoms with Gasteiger partial charge in [0.2, 0.25) is 0 Å². The molecule has 3 aromatic carbocycles. The molecule has 0 fully saturated rings. The van der Waals surface area contributed by atoms with Gasteiger partial charge >= 0.3 is 5.97 Å². The van der Waals surface area contributed by atoms with Gasteiger partial charge in [0.25, 0.3) is 10.1 Å². The zero-order valence-corrected chi connectivity index (χ0v) is 20.2. The number of rotatable bonds is 10. The van der Waals surface area contributed by atoms with E-state index in [1.165, 1.54) is 12.1 Å². The minimum Gasteiger partial charge on any atom is -0.465 e. The van der Waals surface area contributed by atoms with Crippen molar-refractivity contribution in [3.8, 4) is 0 Å². The van der Waals surface area contributed by atoms with Crippen molar-refractivity contribution in [2.24, 2.45) is 0 Å². The topological polar surface area (TPSA) is 81.7 Å². The Hall–Kier alpha value is -2.58. The van der Waals surface area contributed by atoms with E-state index in [2.05, 4.69) is 5.32 Å². The standard InChI is InChI=1S/C24H23Cl2NO5S/c1-17-10-12-19(13-11-17)33(29,30)32-15-5-14-31-23(28)16-18-6-2-3-9-22(18)27-24-20(25)7-4-8-21(24)26/h2-4,6-13,27H,5,14-16H2,1H3. The van der Waals surface area contributed by atoms with Gasteiger partial charge in [-0.05, 0) is 42.8 Å². The van der Waals surface area contributed by atoms with E-state index in [-0.39, 0.29) is 31.0 Å². The number of benzene rings is 3. The molecular weight excluding hydrogens is 485 g/mol. The first-order chi connectivity index (χ1) is 15.8. The monoisotopic (exact) mass is 507 g/mol. The van der Waals surface area contributed by atoms with Crippen LogP contribution in [0.1, 0.15) is 17.5 Å². The number of carbonyl (C=O) groups excluding carboxylic acids is 1. The summed E-state index contributed by atoms with van der Waals surface area (Å²) in [6.45, 7) is 1.81. The third kappa shape index (κ3) is 7.20. The Kier molecular flexibility index (Phi) is 8.74. The quantitative estimate of drug-likeness (QED) is 0.208. The molecule has 174 valence electrons. The maximum absolute atomic E-state index is 12.3. The molecule has 1 N–H and O–H groups in total. The largest absolute Gasteiger partial charge is 0.465 e. The summed E-state index contributed by atoms with van der Waals surface area (Å²) in [5.41, 5.74) is 2.88. The molecular formula is C24H23Cl2NO5S. The molecule has 0 amide bonds. The number of ether oxygens (including phenoxy) is 1. The highest BCUT2D eigenvalue weighted by Crippen LogP contribution is 2.33. The lowest BCUT2D eigenvalue weighted by Gasteiger charge is -2.14. The van der Waals surface area contributed by atoms with Crippen LogP contribution >= 0.6 is 23.2 Å². The van der Waals surface area contributed by atoms with Crippen LogP contribution < -0.4 is 5.32 Å². The average molecular weight is 508 g/mol. The summed E-state index contributed by atoms with van der Waals surface area (Å²) in [4.78, 5) is 12.4. The predicted molar refractivity (Wildman–Crippen MR) is 130 cm³/mol. The van der Waals surface area contributed by atoms with Gasteiger partial charge in [0.15, 0.2) is 0 Å². The minimum atomic E-state index is -3.84. The number of hydrogen-bond acceptors (Lipinski definition) is 6. The highest BCUT2D eigenvalue weighted by molar-refractivity contribution is 7.86. The molecule has 9 heteroatoms. The van der Waals surface area contributed by atoms with Crippen LogP contribution in [0.15, 0.2) is 71.6 Å². The van der Waals surface area contributed by atoms with E-state index >= 15 is 0 Å². The average Bonchev–Trinajstić information content (AvgIpc) is 2.77. The normalized spacial score (nSPS) is 11.2. The molecule has 3 rings (SSSR count). The second kappa shape index (κ2) is 11.5. The van der Waals surface area contributed by atoms with Crippen LogP contribution in [0.2, 0.25) is 10.0 Å². The van der Waals surface area contributed by atoms with Gasteiger partial charge in [-0.1, -0.05) is 65.2 Å². The van der Waals surface area contributed by atoms with Gasteiger partial charge in [-0.15, -0.1) is 0 Å². The van der Waals surface area contributed by atoms with Crippen LogP contribution in [-0.4, -0.2) is 27.6 Å². The lowest BCUT2D eigenvalue weighted by molar-refractivity contribution is -0.143. The van der Waals surface area contributed by atoms with Crippen LogP contribution in [-0.2, 0) is 30.3 Å². The minimum absolute atomic E-state index is 0.0216. The maximum Gasteiger partial charge on any atom is 0.310 e. The van der Waals surface area contributed by atoms with Crippen molar-refractivity contribution in [3.05, 3.63) is 87.9 Å². The molecule has 6 nitrogen and oxygen atoms in total. The first-order valence-corrected chi connectivity index (χ1v) is 12.3. The molecule has 0 atom stereocenters. The van der Waals surface area contributed by atoms with Crippen LogP contribution in [0.3, 0.4) is 0 Å². The third-order valence-electron chi connectivity index (χ3n) is 4.67. The van der Waals surface area contributed by atoms with Crippen LogP contribution in [0.5, 0.6) is 0 Å². The van der Waals surface area contributed by atoms with Gasteiger partial charge < -0.3 is 10.1 Å². The molecule has 0 radical (unpaired) electrons. The molecule has 33 heavy (non-hydrogen) atoms. The zero-order chi connectivity index (χ0) is 23.8. The van der Waals surface area contributed by atoms with Crippen molar-refractivity contribution in [2.75, 3.05) is 18.5 Å². The van der Waals surface area contributed by atoms with Crippen molar-refractivity contribution in [3.63, 3.8) is 0 Å². The van der Waals surface area contributed by atoms with E-state index < -0.39 is 16.1 Å². The molecule has 0 aromatic heterocycles. The predicted octanol–water partition coefficient (Wildman–Crippen LogP) is 5.93. The summed E-state index contributed by atoms with van der Waals surface area (Å²) in [7, 11) is -3.84. The smallest absolute Gasteiger partial charge is 0.310 e. The molecule has 0 unspecified atom stereocenters. The first-order valence-electron chi connectivity index (χ1n) is 10.2.